The fourth-order valence-electron chi connectivity index (χ4n) is 0.967. The monoisotopic (exact) mass is 213 g/mol. The highest BCUT2D eigenvalue weighted by Gasteiger charge is 2.15. The molecule has 1 heterocycles. The van der Waals surface area contributed by atoms with Gasteiger partial charge in [0.15, 0.2) is 0 Å². The molecule has 0 radical (unpaired) electrons. The molecule has 0 aliphatic heterocycles. The third-order valence-corrected chi connectivity index (χ3v) is 1.77. The van der Waals surface area contributed by atoms with Crippen LogP contribution in [0.15, 0.2) is 12.3 Å². The topological polar surface area (TPSA) is 108 Å². The van der Waals surface area contributed by atoms with E-state index in [4.69, 9.17) is 5.11 Å². The van der Waals surface area contributed by atoms with Gasteiger partial charge in [-0.25, -0.2) is 0 Å². The molecule has 1 rings (SSSR count). The third-order valence-electron chi connectivity index (χ3n) is 1.77. The zero-order chi connectivity index (χ0) is 11.4. The first-order valence-corrected chi connectivity index (χ1v) is 4.29. The number of aliphatic hydroxyl groups excluding tert-OH is 1. The van der Waals surface area contributed by atoms with Crippen LogP contribution in [0, 0.1) is 10.1 Å². The van der Waals surface area contributed by atoms with E-state index in [0.717, 1.165) is 12.3 Å². The van der Waals surface area contributed by atoms with Crippen molar-refractivity contribution in [2.45, 2.75) is 13.0 Å². The molecule has 1 unspecified atom stereocenters. The Bertz CT molecular complexity index is 374. The van der Waals surface area contributed by atoms with Gasteiger partial charge in [-0.3, -0.25) is 14.9 Å². The van der Waals surface area contributed by atoms with E-state index >= 15 is 0 Å². The van der Waals surface area contributed by atoms with Crippen molar-refractivity contribution in [1.29, 1.82) is 0 Å². The Morgan fingerprint density at radius 3 is 2.93 bits per heavy atom. The van der Waals surface area contributed by atoms with E-state index in [1.165, 1.54) is 0 Å². The summed E-state index contributed by atoms with van der Waals surface area (Å²) in [6, 6.07) is 0.749. The van der Waals surface area contributed by atoms with Crippen molar-refractivity contribution in [2.24, 2.45) is 0 Å². The summed E-state index contributed by atoms with van der Waals surface area (Å²) in [5, 5.41) is 21.5. The highest BCUT2D eigenvalue weighted by molar-refractivity contribution is 5.93. The van der Waals surface area contributed by atoms with Gasteiger partial charge in [-0.2, -0.15) is 0 Å². The van der Waals surface area contributed by atoms with E-state index in [1.807, 2.05) is 0 Å². The lowest BCUT2D eigenvalue weighted by atomic mass is 10.3. The van der Waals surface area contributed by atoms with Gasteiger partial charge >= 0.3 is 0 Å². The molecular formula is C8H11N3O4. The fraction of sp³-hybridized carbons (Fsp3) is 0.375. The molecule has 1 atom stereocenters. The number of nitro groups is 1. The summed E-state index contributed by atoms with van der Waals surface area (Å²) in [5.41, 5.74) is -0.0706. The van der Waals surface area contributed by atoms with Gasteiger partial charge in [0.2, 0.25) is 0 Å². The van der Waals surface area contributed by atoms with Crippen LogP contribution in [0.25, 0.3) is 0 Å². The maximum absolute atomic E-state index is 11.4. The molecule has 0 fully saturated rings. The van der Waals surface area contributed by atoms with Crippen LogP contribution in [0.1, 0.15) is 17.4 Å². The van der Waals surface area contributed by atoms with E-state index in [2.05, 4.69) is 10.3 Å². The second-order valence-electron chi connectivity index (χ2n) is 3.09. The number of H-pyrrole nitrogens is 1. The third kappa shape index (κ3) is 2.78. The second-order valence-corrected chi connectivity index (χ2v) is 3.09. The van der Waals surface area contributed by atoms with Gasteiger partial charge < -0.3 is 15.4 Å². The first kappa shape index (κ1) is 11.2. The number of aromatic amines is 1. The van der Waals surface area contributed by atoms with Crippen LogP contribution in [0.3, 0.4) is 0 Å². The van der Waals surface area contributed by atoms with Gasteiger partial charge in [0.05, 0.1) is 17.7 Å². The Hall–Kier alpha value is -1.89. The van der Waals surface area contributed by atoms with Crippen molar-refractivity contribution in [3.8, 4) is 0 Å². The molecule has 15 heavy (non-hydrogen) atoms. The lowest BCUT2D eigenvalue weighted by Crippen LogP contribution is -2.35. The van der Waals surface area contributed by atoms with Crippen LogP contribution in [0.2, 0.25) is 0 Å². The molecule has 0 bridgehead atoms. The van der Waals surface area contributed by atoms with Crippen LogP contribution < -0.4 is 5.32 Å². The summed E-state index contributed by atoms with van der Waals surface area (Å²) in [4.78, 5) is 23.6. The largest absolute Gasteiger partial charge is 0.394 e. The van der Waals surface area contributed by atoms with Gasteiger partial charge in [0, 0.05) is 12.1 Å². The SMILES string of the molecule is CC(CO)NC(=O)c1cc([N+](=O)[O-])c[nH]1. The minimum Gasteiger partial charge on any atom is -0.394 e. The highest BCUT2D eigenvalue weighted by Crippen LogP contribution is 2.11. The van der Waals surface area contributed by atoms with Crippen LogP contribution >= 0.6 is 0 Å². The van der Waals surface area contributed by atoms with Crippen molar-refractivity contribution in [3.63, 3.8) is 0 Å². The molecule has 0 spiro atoms. The highest BCUT2D eigenvalue weighted by atomic mass is 16.6. The van der Waals surface area contributed by atoms with E-state index < -0.39 is 10.8 Å². The number of nitrogens with zero attached hydrogens (tertiary/aromatic N) is 1. The molecule has 0 aliphatic rings. The molecule has 0 aliphatic carbocycles. The summed E-state index contributed by atoms with van der Waals surface area (Å²) in [6.07, 6.45) is 1.14. The number of aliphatic hydroxyl groups is 1. The Kier molecular flexibility index (Phi) is 3.40. The minimum atomic E-state index is -0.594. The molecule has 3 N–H and O–H groups in total. The lowest BCUT2D eigenvalue weighted by molar-refractivity contribution is -0.384. The number of hydrogen-bond acceptors (Lipinski definition) is 4. The Balaban J connectivity index is 2.70. The molecule has 82 valence electrons. The first-order valence-electron chi connectivity index (χ1n) is 4.29. The molecule has 1 aromatic heterocycles. The van der Waals surface area contributed by atoms with Crippen LogP contribution in [-0.4, -0.2) is 33.6 Å². The predicted molar refractivity (Wildman–Crippen MR) is 51.5 cm³/mol. The zero-order valence-corrected chi connectivity index (χ0v) is 8.06. The average Bonchev–Trinajstić information content (AvgIpc) is 2.66. The number of carbonyl (C=O) groups excluding carboxylic acids is 1. The standard InChI is InChI=1S/C8H11N3O4/c1-5(4-12)10-8(13)7-2-6(3-9-7)11(14)15/h2-3,5,9,12H,4H2,1H3,(H,10,13). The van der Waals surface area contributed by atoms with Gasteiger partial charge in [-0.1, -0.05) is 0 Å². The molecule has 0 saturated heterocycles. The second kappa shape index (κ2) is 4.56. The number of carbonyl (C=O) groups is 1. The van der Waals surface area contributed by atoms with Crippen LogP contribution in [0.5, 0.6) is 0 Å². The number of hydrogen-bond donors (Lipinski definition) is 3. The Morgan fingerprint density at radius 2 is 2.47 bits per heavy atom. The zero-order valence-electron chi connectivity index (χ0n) is 8.06. The van der Waals surface area contributed by atoms with E-state index in [9.17, 15) is 14.9 Å². The van der Waals surface area contributed by atoms with E-state index in [0.29, 0.717) is 0 Å². The van der Waals surface area contributed by atoms with Crippen molar-refractivity contribution < 1.29 is 14.8 Å². The van der Waals surface area contributed by atoms with Crippen molar-refractivity contribution in [3.05, 3.63) is 28.1 Å². The normalized spacial score (nSPS) is 12.1. The summed E-state index contributed by atoms with van der Waals surface area (Å²) < 4.78 is 0. The summed E-state index contributed by atoms with van der Waals surface area (Å²) in [6.45, 7) is 1.43. The Labute approximate surface area is 85.3 Å². The molecule has 0 aromatic carbocycles. The molecule has 1 amide bonds. The molecule has 0 saturated carbocycles. The average molecular weight is 213 g/mol. The number of amides is 1. The number of nitrogens with one attached hydrogen (secondary N) is 2. The fourth-order valence-corrected chi connectivity index (χ4v) is 0.967. The number of aromatic nitrogens is 1. The Morgan fingerprint density at radius 1 is 1.80 bits per heavy atom. The summed E-state index contributed by atoms with van der Waals surface area (Å²) >= 11 is 0. The van der Waals surface area contributed by atoms with Crippen LogP contribution in [0.4, 0.5) is 5.69 Å². The first-order chi connectivity index (χ1) is 7.04. The maximum Gasteiger partial charge on any atom is 0.287 e. The van der Waals surface area contributed by atoms with E-state index in [-0.39, 0.29) is 24.0 Å². The predicted octanol–water partition coefficient (Wildman–Crippen LogP) is 0.0335. The molecular weight excluding hydrogens is 202 g/mol. The molecule has 7 nitrogen and oxygen atoms in total. The lowest BCUT2D eigenvalue weighted by Gasteiger charge is -2.08. The summed E-state index contributed by atoms with van der Waals surface area (Å²) in [7, 11) is 0. The quantitative estimate of drug-likeness (QED) is 0.484. The summed E-state index contributed by atoms with van der Waals surface area (Å²) in [5.74, 6) is -0.482. The van der Waals surface area contributed by atoms with Crippen molar-refractivity contribution in [2.75, 3.05) is 6.61 Å². The van der Waals surface area contributed by atoms with Crippen molar-refractivity contribution in [1.82, 2.24) is 10.3 Å². The molecule has 7 heteroatoms. The van der Waals surface area contributed by atoms with Gasteiger partial charge in [0.25, 0.3) is 11.6 Å². The van der Waals surface area contributed by atoms with Gasteiger partial charge in [0.1, 0.15) is 5.69 Å². The maximum atomic E-state index is 11.4. The van der Waals surface area contributed by atoms with E-state index in [1.54, 1.807) is 6.92 Å². The van der Waals surface area contributed by atoms with Crippen LogP contribution in [-0.2, 0) is 0 Å². The van der Waals surface area contributed by atoms with Gasteiger partial charge in [-0.15, -0.1) is 0 Å². The van der Waals surface area contributed by atoms with Gasteiger partial charge in [-0.05, 0) is 6.92 Å². The van der Waals surface area contributed by atoms with Crippen molar-refractivity contribution >= 4 is 11.6 Å². The minimum absolute atomic E-state index is 0.0991. The number of rotatable bonds is 4. The smallest absolute Gasteiger partial charge is 0.287 e. The molecule has 1 aromatic rings.